The van der Waals surface area contributed by atoms with Gasteiger partial charge in [0.1, 0.15) is 5.82 Å². The molecule has 0 atom stereocenters. The molecule has 0 spiro atoms. The normalized spacial score (nSPS) is 11.2. The van der Waals surface area contributed by atoms with Crippen LogP contribution in [0.15, 0.2) is 48.5 Å². The Morgan fingerprint density at radius 3 is 1.70 bits per heavy atom. The van der Waals surface area contributed by atoms with Crippen molar-refractivity contribution in [2.75, 3.05) is 4.90 Å². The topological polar surface area (TPSA) is 20.3 Å². The lowest BCUT2D eigenvalue weighted by Gasteiger charge is -2.18. The highest BCUT2D eigenvalue weighted by Crippen LogP contribution is 2.31. The maximum absolute atomic E-state index is 12.8. The molecule has 0 fully saturated rings. The lowest BCUT2D eigenvalue weighted by Crippen LogP contribution is -2.14. The van der Waals surface area contributed by atoms with Crippen LogP contribution in [0, 0.1) is 5.82 Å². The minimum atomic E-state index is -4.43. The minimum absolute atomic E-state index is 0.264. The molecule has 0 unspecified atom stereocenters. The van der Waals surface area contributed by atoms with E-state index in [0.29, 0.717) is 12.1 Å². The average Bonchev–Trinajstić information content (AvgIpc) is 2.41. The highest BCUT2D eigenvalue weighted by molar-refractivity contribution is 5.86. The van der Waals surface area contributed by atoms with Gasteiger partial charge in [-0.3, -0.25) is 9.69 Å². The zero-order chi connectivity index (χ0) is 14.8. The molecule has 0 aliphatic rings. The van der Waals surface area contributed by atoms with E-state index in [1.165, 1.54) is 24.3 Å². The van der Waals surface area contributed by atoms with Gasteiger partial charge in [0.15, 0.2) is 0 Å². The molecule has 2 rings (SSSR count). The van der Waals surface area contributed by atoms with Gasteiger partial charge in [-0.25, -0.2) is 4.39 Å². The molecule has 0 radical (unpaired) electrons. The SMILES string of the molecule is O=CN(c1ccc(F)cc1)c1ccc(C(F)(F)F)cc1. The van der Waals surface area contributed by atoms with Gasteiger partial charge in [0.25, 0.3) is 0 Å². The van der Waals surface area contributed by atoms with Gasteiger partial charge in [-0.2, -0.15) is 13.2 Å². The zero-order valence-corrected chi connectivity index (χ0v) is 10.1. The summed E-state index contributed by atoms with van der Waals surface area (Å²) in [4.78, 5) is 12.2. The number of anilines is 2. The van der Waals surface area contributed by atoms with Gasteiger partial charge in [-0.05, 0) is 48.5 Å². The van der Waals surface area contributed by atoms with Crippen LogP contribution in [0.5, 0.6) is 0 Å². The molecule has 0 saturated carbocycles. The number of carbonyl (C=O) groups is 1. The molecule has 6 heteroatoms. The zero-order valence-electron chi connectivity index (χ0n) is 10.1. The molecule has 104 valence electrons. The molecule has 0 aliphatic carbocycles. The van der Waals surface area contributed by atoms with Crippen molar-refractivity contribution < 1.29 is 22.4 Å². The summed E-state index contributed by atoms with van der Waals surface area (Å²) in [5.74, 6) is -0.466. The molecule has 2 aromatic rings. The lowest BCUT2D eigenvalue weighted by atomic mass is 10.2. The summed E-state index contributed by atoms with van der Waals surface area (Å²) >= 11 is 0. The van der Waals surface area contributed by atoms with Crippen molar-refractivity contribution in [1.82, 2.24) is 0 Å². The van der Waals surface area contributed by atoms with Crippen LogP contribution in [0.2, 0.25) is 0 Å². The van der Waals surface area contributed by atoms with Gasteiger partial charge in [0, 0.05) is 11.4 Å². The summed E-state index contributed by atoms with van der Waals surface area (Å²) in [5.41, 5.74) is -0.174. The average molecular weight is 283 g/mol. The fourth-order valence-electron chi connectivity index (χ4n) is 1.68. The van der Waals surface area contributed by atoms with Crippen LogP contribution in [0.4, 0.5) is 28.9 Å². The van der Waals surface area contributed by atoms with E-state index >= 15 is 0 Å². The van der Waals surface area contributed by atoms with Crippen LogP contribution in [0.25, 0.3) is 0 Å². The summed E-state index contributed by atoms with van der Waals surface area (Å²) in [7, 11) is 0. The number of nitrogens with zero attached hydrogens (tertiary/aromatic N) is 1. The fraction of sp³-hybridized carbons (Fsp3) is 0.0714. The van der Waals surface area contributed by atoms with Crippen molar-refractivity contribution >= 4 is 17.8 Å². The monoisotopic (exact) mass is 283 g/mol. The van der Waals surface area contributed by atoms with E-state index in [-0.39, 0.29) is 5.69 Å². The third-order valence-corrected chi connectivity index (χ3v) is 2.68. The highest BCUT2D eigenvalue weighted by Gasteiger charge is 2.30. The lowest BCUT2D eigenvalue weighted by molar-refractivity contribution is -0.137. The van der Waals surface area contributed by atoms with Crippen LogP contribution < -0.4 is 4.90 Å². The number of alkyl halides is 3. The molecule has 2 nitrogen and oxygen atoms in total. The van der Waals surface area contributed by atoms with Crippen LogP contribution in [-0.2, 0) is 11.0 Å². The third-order valence-electron chi connectivity index (χ3n) is 2.68. The largest absolute Gasteiger partial charge is 0.416 e. The first-order valence-electron chi connectivity index (χ1n) is 5.59. The van der Waals surface area contributed by atoms with Crippen molar-refractivity contribution in [3.05, 3.63) is 59.9 Å². The Balaban J connectivity index is 2.33. The molecule has 0 saturated heterocycles. The minimum Gasteiger partial charge on any atom is -0.284 e. The number of carbonyl (C=O) groups excluding carboxylic acids is 1. The Labute approximate surface area is 112 Å². The fourth-order valence-corrected chi connectivity index (χ4v) is 1.68. The second-order valence-corrected chi connectivity index (χ2v) is 4.00. The molecular formula is C14H9F4NO. The van der Waals surface area contributed by atoms with Crippen LogP contribution in [-0.4, -0.2) is 6.41 Å². The summed E-state index contributed by atoms with van der Waals surface area (Å²) in [5, 5.41) is 0. The Hall–Kier alpha value is -2.37. The molecule has 0 heterocycles. The quantitative estimate of drug-likeness (QED) is 0.612. The van der Waals surface area contributed by atoms with Crippen molar-refractivity contribution in [3.63, 3.8) is 0 Å². The maximum atomic E-state index is 12.8. The number of benzene rings is 2. The van der Waals surface area contributed by atoms with Crippen molar-refractivity contribution in [2.24, 2.45) is 0 Å². The van der Waals surface area contributed by atoms with E-state index in [0.717, 1.165) is 29.2 Å². The van der Waals surface area contributed by atoms with Gasteiger partial charge in [-0.1, -0.05) is 0 Å². The first kappa shape index (κ1) is 14.0. The van der Waals surface area contributed by atoms with E-state index in [1.54, 1.807) is 0 Å². The second-order valence-electron chi connectivity index (χ2n) is 4.00. The Morgan fingerprint density at radius 1 is 0.850 bits per heavy atom. The Kier molecular flexibility index (Phi) is 3.74. The van der Waals surface area contributed by atoms with Gasteiger partial charge >= 0.3 is 6.18 Å². The molecule has 2 aromatic carbocycles. The number of rotatable bonds is 3. The molecular weight excluding hydrogens is 274 g/mol. The molecule has 0 N–H and O–H groups in total. The summed E-state index contributed by atoms with van der Waals surface area (Å²) in [6, 6.07) is 9.18. The maximum Gasteiger partial charge on any atom is 0.416 e. The second kappa shape index (κ2) is 5.32. The van der Waals surface area contributed by atoms with Gasteiger partial charge in [0.2, 0.25) is 6.41 Å². The summed E-state index contributed by atoms with van der Waals surface area (Å²) < 4.78 is 50.1. The van der Waals surface area contributed by atoms with E-state index in [4.69, 9.17) is 0 Å². The van der Waals surface area contributed by atoms with Gasteiger partial charge < -0.3 is 0 Å². The van der Waals surface area contributed by atoms with E-state index in [2.05, 4.69) is 0 Å². The van der Waals surface area contributed by atoms with E-state index < -0.39 is 17.6 Å². The van der Waals surface area contributed by atoms with Crippen LogP contribution >= 0.6 is 0 Å². The first-order valence-corrected chi connectivity index (χ1v) is 5.59. The van der Waals surface area contributed by atoms with Gasteiger partial charge in [-0.15, -0.1) is 0 Å². The Morgan fingerprint density at radius 2 is 1.30 bits per heavy atom. The third kappa shape index (κ3) is 2.96. The van der Waals surface area contributed by atoms with Crippen molar-refractivity contribution in [3.8, 4) is 0 Å². The molecule has 1 amide bonds. The summed E-state index contributed by atoms with van der Waals surface area (Å²) in [6.07, 6.45) is -3.98. The number of hydrogen-bond acceptors (Lipinski definition) is 1. The predicted molar refractivity (Wildman–Crippen MR) is 66.0 cm³/mol. The van der Waals surface area contributed by atoms with Gasteiger partial charge in [0.05, 0.1) is 5.56 Å². The standard InChI is InChI=1S/C14H9F4NO/c15-11-3-7-13(8-4-11)19(9-20)12-5-1-10(2-6-12)14(16,17)18/h1-9H. The summed E-state index contributed by atoms with van der Waals surface area (Å²) in [6.45, 7) is 0. The predicted octanol–water partition coefficient (Wildman–Crippen LogP) is 4.14. The first-order chi connectivity index (χ1) is 9.41. The van der Waals surface area contributed by atoms with Crippen LogP contribution in [0.3, 0.4) is 0 Å². The van der Waals surface area contributed by atoms with E-state index in [1.807, 2.05) is 0 Å². The smallest absolute Gasteiger partial charge is 0.284 e. The van der Waals surface area contributed by atoms with E-state index in [9.17, 15) is 22.4 Å². The molecule has 0 aliphatic heterocycles. The highest BCUT2D eigenvalue weighted by atomic mass is 19.4. The molecule has 0 aromatic heterocycles. The van der Waals surface area contributed by atoms with Crippen molar-refractivity contribution in [2.45, 2.75) is 6.18 Å². The number of amides is 1. The Bertz CT molecular complexity index is 590. The molecule has 20 heavy (non-hydrogen) atoms. The molecule has 0 bridgehead atoms. The number of hydrogen-bond donors (Lipinski definition) is 0. The van der Waals surface area contributed by atoms with Crippen LogP contribution in [0.1, 0.15) is 5.56 Å². The number of halogens is 4. The van der Waals surface area contributed by atoms with Crippen molar-refractivity contribution in [1.29, 1.82) is 0 Å².